The van der Waals surface area contributed by atoms with Gasteiger partial charge in [-0.1, -0.05) is 24.6 Å². The Morgan fingerprint density at radius 1 is 0.971 bits per heavy atom. The van der Waals surface area contributed by atoms with Gasteiger partial charge < -0.3 is 10.1 Å². The fourth-order valence-electron chi connectivity index (χ4n) is 4.88. The fourth-order valence-corrected chi connectivity index (χ4v) is 6.43. The monoisotopic (exact) mass is 485 g/mol. The van der Waals surface area contributed by atoms with Crippen LogP contribution in [-0.4, -0.2) is 63.4 Å². The Morgan fingerprint density at radius 3 is 2.26 bits per heavy atom. The number of sulfonamides is 1. The number of amides is 1. The van der Waals surface area contributed by atoms with Crippen LogP contribution in [0, 0.1) is 6.92 Å². The molecule has 0 unspecified atom stereocenters. The average Bonchev–Trinajstić information content (AvgIpc) is 3.41. The highest BCUT2D eigenvalue weighted by Gasteiger charge is 2.28. The van der Waals surface area contributed by atoms with Crippen LogP contribution in [0.1, 0.15) is 59.6 Å². The first-order valence-corrected chi connectivity index (χ1v) is 13.6. The second kappa shape index (κ2) is 10.9. The van der Waals surface area contributed by atoms with E-state index in [9.17, 15) is 13.2 Å². The Kier molecular flexibility index (Phi) is 7.91. The summed E-state index contributed by atoms with van der Waals surface area (Å²) in [6.45, 7) is 5.36. The largest absolute Gasteiger partial charge is 0.497 e. The summed E-state index contributed by atoms with van der Waals surface area (Å²) in [7, 11) is -1.93. The summed E-state index contributed by atoms with van der Waals surface area (Å²) in [5.74, 6) is 0.559. The van der Waals surface area contributed by atoms with Crippen molar-refractivity contribution in [1.82, 2.24) is 14.5 Å². The first kappa shape index (κ1) is 24.7. The van der Waals surface area contributed by atoms with Crippen molar-refractivity contribution < 1.29 is 17.9 Å². The molecular formula is C26H35N3O4S. The van der Waals surface area contributed by atoms with Crippen molar-refractivity contribution >= 4 is 15.9 Å². The molecule has 2 saturated heterocycles. The molecule has 1 amide bonds. The molecule has 7 nitrogen and oxygen atoms in total. The van der Waals surface area contributed by atoms with Crippen molar-refractivity contribution in [2.24, 2.45) is 0 Å². The number of rotatable bonds is 8. The first-order chi connectivity index (χ1) is 16.4. The minimum Gasteiger partial charge on any atom is -0.497 e. The van der Waals surface area contributed by atoms with E-state index in [0.717, 1.165) is 55.6 Å². The fraction of sp³-hybridized carbons (Fsp3) is 0.500. The maximum atomic E-state index is 13.2. The van der Waals surface area contributed by atoms with Gasteiger partial charge in [0.25, 0.3) is 5.91 Å². The Balaban J connectivity index is 1.53. The Morgan fingerprint density at radius 2 is 1.62 bits per heavy atom. The van der Waals surface area contributed by atoms with Crippen molar-refractivity contribution in [3.8, 4) is 5.75 Å². The number of carbonyl (C=O) groups excluding carboxylic acids is 1. The molecule has 2 aromatic carbocycles. The van der Waals surface area contributed by atoms with Gasteiger partial charge in [-0.05, 0) is 81.1 Å². The Labute approximate surface area is 203 Å². The minimum absolute atomic E-state index is 0.0481. The van der Waals surface area contributed by atoms with Gasteiger partial charge in [-0.3, -0.25) is 9.69 Å². The molecule has 2 fully saturated rings. The number of nitrogens with zero attached hydrogens (tertiary/aromatic N) is 2. The maximum Gasteiger partial charge on any atom is 0.251 e. The zero-order valence-electron chi connectivity index (χ0n) is 20.1. The molecular weight excluding hydrogens is 450 g/mol. The number of hydrogen-bond donors (Lipinski definition) is 1. The number of aryl methyl sites for hydroxylation is 1. The van der Waals surface area contributed by atoms with Crippen LogP contribution in [0.4, 0.5) is 0 Å². The average molecular weight is 486 g/mol. The topological polar surface area (TPSA) is 78.9 Å². The maximum absolute atomic E-state index is 13.2. The summed E-state index contributed by atoms with van der Waals surface area (Å²) >= 11 is 0. The van der Waals surface area contributed by atoms with Gasteiger partial charge in [0.2, 0.25) is 10.0 Å². The van der Waals surface area contributed by atoms with E-state index < -0.39 is 10.0 Å². The molecule has 0 bridgehead atoms. The van der Waals surface area contributed by atoms with E-state index in [2.05, 4.69) is 22.3 Å². The highest BCUT2D eigenvalue weighted by atomic mass is 32.2. The van der Waals surface area contributed by atoms with Gasteiger partial charge in [0.1, 0.15) is 5.75 Å². The van der Waals surface area contributed by atoms with Crippen LogP contribution in [0.15, 0.2) is 47.4 Å². The van der Waals surface area contributed by atoms with E-state index >= 15 is 0 Å². The van der Waals surface area contributed by atoms with Crippen LogP contribution in [0.3, 0.4) is 0 Å². The number of hydrogen-bond acceptors (Lipinski definition) is 5. The molecule has 1 N–H and O–H groups in total. The summed E-state index contributed by atoms with van der Waals surface area (Å²) < 4.78 is 32.8. The quantitative estimate of drug-likeness (QED) is 0.616. The molecule has 8 heteroatoms. The van der Waals surface area contributed by atoms with Gasteiger partial charge in [0.05, 0.1) is 18.0 Å². The van der Waals surface area contributed by atoms with E-state index in [1.807, 2.05) is 19.1 Å². The van der Waals surface area contributed by atoms with Crippen molar-refractivity contribution in [2.75, 3.05) is 39.8 Å². The minimum atomic E-state index is -3.58. The third-order valence-electron chi connectivity index (χ3n) is 6.94. The number of likely N-dealkylation sites (tertiary alicyclic amines) is 1. The summed E-state index contributed by atoms with van der Waals surface area (Å²) in [6.07, 6.45) is 5.28. The van der Waals surface area contributed by atoms with Gasteiger partial charge in [-0.2, -0.15) is 4.31 Å². The van der Waals surface area contributed by atoms with Crippen LogP contribution in [-0.2, 0) is 10.0 Å². The summed E-state index contributed by atoms with van der Waals surface area (Å²) in [5, 5.41) is 3.09. The molecule has 2 aromatic rings. The van der Waals surface area contributed by atoms with Crippen molar-refractivity contribution in [1.29, 1.82) is 0 Å². The van der Waals surface area contributed by atoms with Crippen molar-refractivity contribution in [3.05, 3.63) is 59.2 Å². The number of nitrogens with one attached hydrogen (secondary N) is 1. The number of benzene rings is 2. The summed E-state index contributed by atoms with van der Waals surface area (Å²) in [6, 6.07) is 12.9. The first-order valence-electron chi connectivity index (χ1n) is 12.2. The molecule has 0 radical (unpaired) electrons. The van der Waals surface area contributed by atoms with E-state index in [1.54, 1.807) is 19.2 Å². The van der Waals surface area contributed by atoms with Crippen molar-refractivity contribution in [2.45, 2.75) is 50.0 Å². The SMILES string of the molecule is COc1ccc([C@H](CNC(=O)c2cc(S(=O)(=O)N3CCCC3)ccc2C)N2CCCCC2)cc1. The lowest BCUT2D eigenvalue weighted by atomic mass is 10.0. The van der Waals surface area contributed by atoms with E-state index in [4.69, 9.17) is 4.74 Å². The zero-order valence-corrected chi connectivity index (χ0v) is 20.9. The lowest BCUT2D eigenvalue weighted by Gasteiger charge is -2.35. The molecule has 2 aliphatic heterocycles. The molecule has 2 aliphatic rings. The number of piperidine rings is 1. The van der Waals surface area contributed by atoms with Crippen LogP contribution >= 0.6 is 0 Å². The number of carbonyl (C=O) groups is 1. The molecule has 0 aromatic heterocycles. The van der Waals surface area contributed by atoms with Gasteiger partial charge in [0.15, 0.2) is 0 Å². The second-order valence-electron chi connectivity index (χ2n) is 9.18. The van der Waals surface area contributed by atoms with Crippen molar-refractivity contribution in [3.63, 3.8) is 0 Å². The third kappa shape index (κ3) is 5.45. The second-order valence-corrected chi connectivity index (χ2v) is 11.1. The van der Waals surface area contributed by atoms with E-state index in [-0.39, 0.29) is 16.8 Å². The number of ether oxygens (including phenoxy) is 1. The van der Waals surface area contributed by atoms with Crippen LogP contribution in [0.25, 0.3) is 0 Å². The normalized spacial score (nSPS) is 18.5. The van der Waals surface area contributed by atoms with Gasteiger partial charge in [-0.25, -0.2) is 8.42 Å². The number of methoxy groups -OCH3 is 1. The lowest BCUT2D eigenvalue weighted by Crippen LogP contribution is -2.40. The predicted molar refractivity (Wildman–Crippen MR) is 133 cm³/mol. The van der Waals surface area contributed by atoms with Crippen LogP contribution < -0.4 is 10.1 Å². The molecule has 1 atom stereocenters. The van der Waals surface area contributed by atoms with Crippen LogP contribution in [0.2, 0.25) is 0 Å². The zero-order chi connectivity index (χ0) is 24.1. The Bertz CT molecular complexity index is 1090. The lowest BCUT2D eigenvalue weighted by molar-refractivity contribution is 0.0923. The Hall–Kier alpha value is -2.42. The summed E-state index contributed by atoms with van der Waals surface area (Å²) in [4.78, 5) is 15.8. The molecule has 4 rings (SSSR count). The molecule has 0 spiro atoms. The molecule has 184 valence electrons. The third-order valence-corrected chi connectivity index (χ3v) is 8.84. The van der Waals surface area contributed by atoms with Crippen LogP contribution in [0.5, 0.6) is 5.75 Å². The predicted octanol–water partition coefficient (Wildman–Crippen LogP) is 3.75. The molecule has 0 saturated carbocycles. The van der Waals surface area contributed by atoms with Gasteiger partial charge in [-0.15, -0.1) is 0 Å². The smallest absolute Gasteiger partial charge is 0.251 e. The molecule has 0 aliphatic carbocycles. The standard InChI is InChI=1S/C26H35N3O4S/c1-20-8-13-23(34(31,32)29-16-6-7-17-29)18-24(20)26(30)27-19-25(28-14-4-3-5-15-28)21-9-11-22(33-2)12-10-21/h8-13,18,25H,3-7,14-17,19H2,1-2H3,(H,27,30)/t25-/m0/s1. The van der Waals surface area contributed by atoms with Gasteiger partial charge >= 0.3 is 0 Å². The highest BCUT2D eigenvalue weighted by Crippen LogP contribution is 2.27. The van der Waals surface area contributed by atoms with Gasteiger partial charge in [0, 0.05) is 25.2 Å². The van der Waals surface area contributed by atoms with E-state index in [1.165, 1.54) is 16.8 Å². The summed E-state index contributed by atoms with van der Waals surface area (Å²) in [5.41, 5.74) is 2.30. The highest BCUT2D eigenvalue weighted by molar-refractivity contribution is 7.89. The van der Waals surface area contributed by atoms with E-state index in [0.29, 0.717) is 25.2 Å². The molecule has 34 heavy (non-hydrogen) atoms. The molecule has 2 heterocycles.